The number of hydrogen-bond acceptors (Lipinski definition) is 4. The molecule has 0 aliphatic carbocycles. The van der Waals surface area contributed by atoms with E-state index in [0.29, 0.717) is 6.42 Å². The molecule has 1 aliphatic heterocycles. The molecule has 1 saturated heterocycles. The Morgan fingerprint density at radius 1 is 1.13 bits per heavy atom. The maximum Gasteiger partial charge on any atom is 0.416 e. The summed E-state index contributed by atoms with van der Waals surface area (Å²) in [5, 5.41) is 3.73. The van der Waals surface area contributed by atoms with E-state index in [-0.39, 0.29) is 41.7 Å². The first kappa shape index (κ1) is 20.0. The van der Waals surface area contributed by atoms with Gasteiger partial charge in [0.25, 0.3) is 0 Å². The van der Waals surface area contributed by atoms with Crippen molar-refractivity contribution < 1.29 is 31.3 Å². The number of likely N-dealkylation sites (tertiary alicyclic amines) is 1. The normalized spacial score (nSPS) is 17.0. The molecule has 0 bridgehead atoms. The van der Waals surface area contributed by atoms with E-state index < -0.39 is 29.4 Å². The number of benzene rings is 2. The fourth-order valence-electron chi connectivity index (χ4n) is 3.36. The number of rotatable bonds is 4. The fourth-order valence-corrected chi connectivity index (χ4v) is 3.36. The van der Waals surface area contributed by atoms with Crippen molar-refractivity contribution in [2.45, 2.75) is 31.6 Å². The molecule has 1 aliphatic rings. The third kappa shape index (κ3) is 3.89. The van der Waals surface area contributed by atoms with Gasteiger partial charge in [-0.05, 0) is 36.8 Å². The van der Waals surface area contributed by atoms with Crippen LogP contribution < -0.4 is 0 Å². The van der Waals surface area contributed by atoms with Crippen LogP contribution in [0, 0.1) is 11.6 Å². The zero-order valence-corrected chi connectivity index (χ0v) is 15.3. The van der Waals surface area contributed by atoms with E-state index in [0.717, 1.165) is 30.3 Å². The van der Waals surface area contributed by atoms with Crippen LogP contribution in [0.25, 0.3) is 11.4 Å². The van der Waals surface area contributed by atoms with Gasteiger partial charge in [0, 0.05) is 24.1 Å². The van der Waals surface area contributed by atoms with Crippen molar-refractivity contribution in [1.82, 2.24) is 15.0 Å². The second-order valence-electron chi connectivity index (χ2n) is 6.85. The summed E-state index contributed by atoms with van der Waals surface area (Å²) in [7, 11) is 0. The molecule has 30 heavy (non-hydrogen) atoms. The van der Waals surface area contributed by atoms with Crippen molar-refractivity contribution in [2.75, 3.05) is 0 Å². The minimum Gasteiger partial charge on any atom is -0.337 e. The minimum atomic E-state index is -4.52. The van der Waals surface area contributed by atoms with E-state index >= 15 is 0 Å². The van der Waals surface area contributed by atoms with Crippen LogP contribution in [0.1, 0.15) is 35.9 Å². The molecule has 0 N–H and O–H groups in total. The predicted molar refractivity (Wildman–Crippen MR) is 93.6 cm³/mol. The molecule has 0 spiro atoms. The highest BCUT2D eigenvalue weighted by Gasteiger charge is 2.37. The average Bonchev–Trinajstić information content (AvgIpc) is 3.32. The van der Waals surface area contributed by atoms with Gasteiger partial charge in [-0.1, -0.05) is 17.3 Å². The fraction of sp³-hybridized carbons (Fsp3) is 0.250. The molecule has 156 valence electrons. The summed E-state index contributed by atoms with van der Waals surface area (Å²) in [5.41, 5.74) is -0.759. The molecule has 10 heteroatoms. The van der Waals surface area contributed by atoms with E-state index in [1.54, 1.807) is 0 Å². The summed E-state index contributed by atoms with van der Waals surface area (Å²) in [6.07, 6.45) is -4.07. The Kier molecular flexibility index (Phi) is 5.00. The summed E-state index contributed by atoms with van der Waals surface area (Å²) in [6.45, 7) is -0.200. The Morgan fingerprint density at radius 2 is 1.93 bits per heavy atom. The molecule has 1 atom stereocenters. The lowest BCUT2D eigenvalue weighted by Crippen LogP contribution is -2.27. The summed E-state index contributed by atoms with van der Waals surface area (Å²) >= 11 is 0. The molecule has 2 heterocycles. The summed E-state index contributed by atoms with van der Waals surface area (Å²) in [5.74, 6) is -1.65. The zero-order chi connectivity index (χ0) is 21.5. The number of alkyl halides is 3. The minimum absolute atomic E-state index is 0.00660. The largest absolute Gasteiger partial charge is 0.416 e. The Hall–Kier alpha value is -3.30. The Balaban J connectivity index is 1.61. The van der Waals surface area contributed by atoms with Gasteiger partial charge in [0.2, 0.25) is 17.6 Å². The monoisotopic (exact) mass is 423 g/mol. The van der Waals surface area contributed by atoms with Crippen molar-refractivity contribution in [3.05, 3.63) is 71.1 Å². The Labute approximate surface area is 167 Å². The number of carbonyl (C=O) groups is 1. The summed E-state index contributed by atoms with van der Waals surface area (Å²) in [4.78, 5) is 17.7. The highest BCUT2D eigenvalue weighted by Crippen LogP contribution is 2.35. The molecular weight excluding hydrogens is 409 g/mol. The summed E-state index contributed by atoms with van der Waals surface area (Å²) in [6, 6.07) is 6.71. The molecule has 0 radical (unpaired) electrons. The predicted octanol–water partition coefficient (Wildman–Crippen LogP) is 4.90. The molecule has 1 amide bonds. The van der Waals surface area contributed by atoms with Crippen LogP contribution in [0.4, 0.5) is 22.0 Å². The molecule has 4 rings (SSSR count). The van der Waals surface area contributed by atoms with Crippen molar-refractivity contribution in [2.24, 2.45) is 0 Å². The van der Waals surface area contributed by atoms with E-state index in [4.69, 9.17) is 4.52 Å². The number of hydrogen-bond donors (Lipinski definition) is 0. The van der Waals surface area contributed by atoms with Crippen LogP contribution >= 0.6 is 0 Å². The van der Waals surface area contributed by atoms with Gasteiger partial charge in [-0.3, -0.25) is 4.79 Å². The van der Waals surface area contributed by atoms with Gasteiger partial charge in [-0.25, -0.2) is 8.78 Å². The van der Waals surface area contributed by atoms with Crippen LogP contribution in [0.5, 0.6) is 0 Å². The number of nitrogens with zero attached hydrogens (tertiary/aromatic N) is 3. The lowest BCUT2D eigenvalue weighted by atomic mass is 10.1. The molecular formula is C20H14F5N3O2. The third-order valence-corrected chi connectivity index (χ3v) is 4.85. The first-order valence-electron chi connectivity index (χ1n) is 8.97. The van der Waals surface area contributed by atoms with Gasteiger partial charge in [0.15, 0.2) is 0 Å². The van der Waals surface area contributed by atoms with Gasteiger partial charge in [-0.2, -0.15) is 18.2 Å². The molecule has 2 aromatic carbocycles. The van der Waals surface area contributed by atoms with E-state index in [9.17, 15) is 26.7 Å². The molecule has 5 nitrogen and oxygen atoms in total. The van der Waals surface area contributed by atoms with Crippen LogP contribution in [0.3, 0.4) is 0 Å². The van der Waals surface area contributed by atoms with Crippen LogP contribution in [-0.4, -0.2) is 20.9 Å². The Morgan fingerprint density at radius 3 is 2.70 bits per heavy atom. The first-order valence-corrected chi connectivity index (χ1v) is 8.97. The number of amides is 1. The number of halogens is 5. The molecule has 1 unspecified atom stereocenters. The average molecular weight is 423 g/mol. The van der Waals surface area contributed by atoms with Crippen molar-refractivity contribution >= 4 is 5.91 Å². The van der Waals surface area contributed by atoms with Crippen LogP contribution in [-0.2, 0) is 17.5 Å². The van der Waals surface area contributed by atoms with Gasteiger partial charge in [0.05, 0.1) is 5.56 Å². The van der Waals surface area contributed by atoms with Crippen LogP contribution in [0.15, 0.2) is 47.0 Å². The smallest absolute Gasteiger partial charge is 0.337 e. The number of aromatic nitrogens is 2. The standard InChI is InChI=1S/C20H14F5N3O2/c21-14-4-5-15(22)12(9-14)10-28-16(6-7-17(28)29)19-26-18(27-30-19)11-2-1-3-13(8-11)20(23,24)25/h1-5,8-9,16H,6-7,10H2. The van der Waals surface area contributed by atoms with E-state index in [2.05, 4.69) is 10.1 Å². The zero-order valence-electron chi connectivity index (χ0n) is 15.3. The van der Waals surface area contributed by atoms with Gasteiger partial charge in [-0.15, -0.1) is 0 Å². The molecule has 3 aromatic rings. The topological polar surface area (TPSA) is 59.2 Å². The van der Waals surface area contributed by atoms with Crippen LogP contribution in [0.2, 0.25) is 0 Å². The van der Waals surface area contributed by atoms with Gasteiger partial charge < -0.3 is 9.42 Å². The number of carbonyl (C=O) groups excluding carboxylic acids is 1. The van der Waals surface area contributed by atoms with Crippen molar-refractivity contribution in [1.29, 1.82) is 0 Å². The lowest BCUT2D eigenvalue weighted by Gasteiger charge is -2.22. The van der Waals surface area contributed by atoms with Gasteiger partial charge in [0.1, 0.15) is 17.7 Å². The quantitative estimate of drug-likeness (QED) is 0.561. The van der Waals surface area contributed by atoms with Crippen molar-refractivity contribution in [3.8, 4) is 11.4 Å². The second kappa shape index (κ2) is 7.51. The molecule has 0 saturated carbocycles. The molecule has 1 aromatic heterocycles. The second-order valence-corrected chi connectivity index (χ2v) is 6.85. The van der Waals surface area contributed by atoms with Gasteiger partial charge >= 0.3 is 6.18 Å². The highest BCUT2D eigenvalue weighted by atomic mass is 19.4. The lowest BCUT2D eigenvalue weighted by molar-refractivity contribution is -0.137. The molecule has 1 fully saturated rings. The highest BCUT2D eigenvalue weighted by molar-refractivity contribution is 5.78. The van der Waals surface area contributed by atoms with Crippen molar-refractivity contribution in [3.63, 3.8) is 0 Å². The summed E-state index contributed by atoms with van der Waals surface area (Å²) < 4.78 is 71.4. The first-order chi connectivity index (χ1) is 14.2. The third-order valence-electron chi connectivity index (χ3n) is 4.85. The maximum absolute atomic E-state index is 14.0. The Bertz CT molecular complexity index is 1100. The van der Waals surface area contributed by atoms with E-state index in [1.165, 1.54) is 17.0 Å². The SMILES string of the molecule is O=C1CCC(c2nc(-c3cccc(C(F)(F)F)c3)no2)N1Cc1cc(F)ccc1F. The maximum atomic E-state index is 14.0. The van der Waals surface area contributed by atoms with E-state index in [1.807, 2.05) is 0 Å².